The minimum absolute atomic E-state index is 0.162. The molecule has 2 unspecified atom stereocenters. The first-order valence-corrected chi connectivity index (χ1v) is 7.91. The highest BCUT2D eigenvalue weighted by Gasteiger charge is 2.33. The summed E-state index contributed by atoms with van der Waals surface area (Å²) in [6.45, 7) is 3.44. The molecular weight excluding hydrogens is 224 g/mol. The molecule has 0 radical (unpaired) electrons. The average molecular weight is 248 g/mol. The molecule has 0 aliphatic heterocycles. The molecule has 0 heterocycles. The van der Waals surface area contributed by atoms with Crippen molar-refractivity contribution in [2.24, 2.45) is 17.1 Å². The van der Waals surface area contributed by atoms with Crippen molar-refractivity contribution >= 4 is 10.0 Å². The van der Waals surface area contributed by atoms with Crippen LogP contribution in [-0.4, -0.2) is 27.8 Å². The maximum Gasteiger partial charge on any atom is 0.208 e. The van der Waals surface area contributed by atoms with E-state index in [9.17, 15) is 8.42 Å². The fourth-order valence-electron chi connectivity index (χ4n) is 2.78. The molecule has 0 aromatic rings. The highest BCUT2D eigenvalue weighted by molar-refractivity contribution is 7.88. The normalized spacial score (nSPS) is 31.6. The average Bonchev–Trinajstić information content (AvgIpc) is 2.16. The van der Waals surface area contributed by atoms with Gasteiger partial charge in [0.1, 0.15) is 0 Å². The number of hydrogen-bond donors (Lipinski definition) is 2. The SMILES string of the molecule is CC1CCCC(CN)(CCNS(C)(=O)=O)C1. The Morgan fingerprint density at radius 2 is 2.19 bits per heavy atom. The predicted molar refractivity (Wildman–Crippen MR) is 66.6 cm³/mol. The fraction of sp³-hybridized carbons (Fsp3) is 1.00. The Bertz CT molecular complexity index is 316. The number of nitrogens with one attached hydrogen (secondary N) is 1. The van der Waals surface area contributed by atoms with Crippen LogP contribution in [0.4, 0.5) is 0 Å². The van der Waals surface area contributed by atoms with E-state index in [-0.39, 0.29) is 5.41 Å². The van der Waals surface area contributed by atoms with E-state index in [0.717, 1.165) is 25.2 Å². The van der Waals surface area contributed by atoms with Gasteiger partial charge in [-0.25, -0.2) is 13.1 Å². The molecule has 5 heteroatoms. The van der Waals surface area contributed by atoms with Crippen molar-refractivity contribution < 1.29 is 8.42 Å². The number of nitrogens with two attached hydrogens (primary N) is 1. The van der Waals surface area contributed by atoms with E-state index in [0.29, 0.717) is 13.1 Å². The summed E-state index contributed by atoms with van der Waals surface area (Å²) < 4.78 is 24.5. The Labute approximate surface area is 99.0 Å². The molecule has 0 aromatic carbocycles. The Hall–Kier alpha value is -0.130. The first-order valence-electron chi connectivity index (χ1n) is 6.02. The van der Waals surface area contributed by atoms with Gasteiger partial charge in [-0.2, -0.15) is 0 Å². The lowest BCUT2D eigenvalue weighted by Gasteiger charge is -2.39. The van der Waals surface area contributed by atoms with Crippen LogP contribution < -0.4 is 10.5 Å². The zero-order valence-electron chi connectivity index (χ0n) is 10.3. The standard InChI is InChI=1S/C11H24N2O2S/c1-10-4-3-5-11(8-10,9-12)6-7-13-16(2,14)15/h10,13H,3-9,12H2,1-2H3. The highest BCUT2D eigenvalue weighted by atomic mass is 32.2. The van der Waals surface area contributed by atoms with E-state index in [1.165, 1.54) is 19.1 Å². The first-order chi connectivity index (χ1) is 7.37. The topological polar surface area (TPSA) is 72.2 Å². The zero-order valence-corrected chi connectivity index (χ0v) is 11.1. The van der Waals surface area contributed by atoms with Gasteiger partial charge in [0.15, 0.2) is 0 Å². The van der Waals surface area contributed by atoms with Gasteiger partial charge in [-0.3, -0.25) is 0 Å². The quantitative estimate of drug-likeness (QED) is 0.764. The van der Waals surface area contributed by atoms with Crippen LogP contribution in [0, 0.1) is 11.3 Å². The van der Waals surface area contributed by atoms with E-state index >= 15 is 0 Å². The molecule has 3 N–H and O–H groups in total. The second-order valence-electron chi connectivity index (χ2n) is 5.32. The van der Waals surface area contributed by atoms with Gasteiger partial charge < -0.3 is 5.73 Å². The summed E-state index contributed by atoms with van der Waals surface area (Å²) in [5, 5.41) is 0. The van der Waals surface area contributed by atoms with Gasteiger partial charge in [-0.15, -0.1) is 0 Å². The Morgan fingerprint density at radius 3 is 2.69 bits per heavy atom. The summed E-state index contributed by atoms with van der Waals surface area (Å²) in [7, 11) is -3.06. The van der Waals surface area contributed by atoms with Crippen molar-refractivity contribution in [2.45, 2.75) is 39.0 Å². The lowest BCUT2D eigenvalue weighted by molar-refractivity contribution is 0.143. The van der Waals surface area contributed by atoms with Gasteiger partial charge in [-0.1, -0.05) is 19.8 Å². The highest BCUT2D eigenvalue weighted by Crippen LogP contribution is 2.40. The van der Waals surface area contributed by atoms with Gasteiger partial charge in [0, 0.05) is 6.54 Å². The summed E-state index contributed by atoms with van der Waals surface area (Å²) >= 11 is 0. The van der Waals surface area contributed by atoms with Crippen LogP contribution in [0.2, 0.25) is 0 Å². The maximum atomic E-state index is 11.0. The monoisotopic (exact) mass is 248 g/mol. The van der Waals surface area contributed by atoms with Crippen LogP contribution in [0.3, 0.4) is 0 Å². The second kappa shape index (κ2) is 5.47. The molecule has 1 rings (SSSR count). The minimum Gasteiger partial charge on any atom is -0.330 e. The van der Waals surface area contributed by atoms with Gasteiger partial charge >= 0.3 is 0 Å². The fourth-order valence-corrected chi connectivity index (χ4v) is 3.26. The molecule has 96 valence electrons. The van der Waals surface area contributed by atoms with Crippen LogP contribution in [0.25, 0.3) is 0 Å². The molecule has 1 aliphatic carbocycles. The van der Waals surface area contributed by atoms with Crippen molar-refractivity contribution in [3.63, 3.8) is 0 Å². The van der Waals surface area contributed by atoms with E-state index < -0.39 is 10.0 Å². The summed E-state index contributed by atoms with van der Waals surface area (Å²) in [6.07, 6.45) is 6.83. The molecule has 1 aliphatic rings. The van der Waals surface area contributed by atoms with Crippen LogP contribution in [0.15, 0.2) is 0 Å². The third-order valence-electron chi connectivity index (χ3n) is 3.64. The molecule has 0 spiro atoms. The number of rotatable bonds is 5. The Morgan fingerprint density at radius 1 is 1.50 bits per heavy atom. The molecule has 0 amide bonds. The van der Waals surface area contributed by atoms with Crippen LogP contribution in [0.1, 0.15) is 39.0 Å². The summed E-state index contributed by atoms with van der Waals surface area (Å²) in [6, 6.07) is 0. The van der Waals surface area contributed by atoms with Gasteiger partial charge in [-0.05, 0) is 37.1 Å². The molecular formula is C11H24N2O2S. The lowest BCUT2D eigenvalue weighted by atomic mass is 9.68. The van der Waals surface area contributed by atoms with Crippen molar-refractivity contribution in [2.75, 3.05) is 19.3 Å². The van der Waals surface area contributed by atoms with Crippen molar-refractivity contribution in [3.05, 3.63) is 0 Å². The van der Waals surface area contributed by atoms with Gasteiger partial charge in [0.05, 0.1) is 6.26 Å². The Balaban J connectivity index is 2.47. The van der Waals surface area contributed by atoms with Crippen molar-refractivity contribution in [1.82, 2.24) is 4.72 Å². The minimum atomic E-state index is -3.06. The first kappa shape index (κ1) is 13.9. The summed E-state index contributed by atoms with van der Waals surface area (Å²) in [5.74, 6) is 0.718. The second-order valence-corrected chi connectivity index (χ2v) is 7.16. The number of hydrogen-bond acceptors (Lipinski definition) is 3. The van der Waals surface area contributed by atoms with Crippen LogP contribution >= 0.6 is 0 Å². The third-order valence-corrected chi connectivity index (χ3v) is 4.37. The largest absolute Gasteiger partial charge is 0.330 e. The summed E-state index contributed by atoms with van der Waals surface area (Å²) in [4.78, 5) is 0. The molecule has 4 nitrogen and oxygen atoms in total. The van der Waals surface area contributed by atoms with Crippen LogP contribution in [0.5, 0.6) is 0 Å². The van der Waals surface area contributed by atoms with Gasteiger partial charge in [0.25, 0.3) is 0 Å². The van der Waals surface area contributed by atoms with Crippen molar-refractivity contribution in [1.29, 1.82) is 0 Å². The van der Waals surface area contributed by atoms with Crippen molar-refractivity contribution in [3.8, 4) is 0 Å². The summed E-state index contributed by atoms with van der Waals surface area (Å²) in [5.41, 5.74) is 6.04. The Kier molecular flexibility index (Phi) is 4.76. The van der Waals surface area contributed by atoms with E-state index in [1.54, 1.807) is 0 Å². The molecule has 0 aromatic heterocycles. The predicted octanol–water partition coefficient (Wildman–Crippen LogP) is 1.08. The van der Waals surface area contributed by atoms with E-state index in [2.05, 4.69) is 11.6 Å². The molecule has 16 heavy (non-hydrogen) atoms. The third kappa shape index (κ3) is 4.39. The number of sulfonamides is 1. The van der Waals surface area contributed by atoms with E-state index in [1.807, 2.05) is 0 Å². The molecule has 0 bridgehead atoms. The van der Waals surface area contributed by atoms with Crippen LogP contribution in [-0.2, 0) is 10.0 Å². The lowest BCUT2D eigenvalue weighted by Crippen LogP contribution is -2.38. The maximum absolute atomic E-state index is 11.0. The van der Waals surface area contributed by atoms with E-state index in [4.69, 9.17) is 5.73 Å². The molecule has 0 saturated heterocycles. The molecule has 1 saturated carbocycles. The van der Waals surface area contributed by atoms with Gasteiger partial charge in [0.2, 0.25) is 10.0 Å². The smallest absolute Gasteiger partial charge is 0.208 e. The molecule has 1 fully saturated rings. The zero-order chi connectivity index (χ0) is 12.2. The molecule has 2 atom stereocenters.